The molecule has 0 saturated heterocycles. The third kappa shape index (κ3) is 6.38. The second-order valence-corrected chi connectivity index (χ2v) is 14.9. The van der Waals surface area contributed by atoms with Crippen molar-refractivity contribution < 1.29 is 19.1 Å². The van der Waals surface area contributed by atoms with Gasteiger partial charge in [-0.05, 0) is 81.4 Å². The van der Waals surface area contributed by atoms with E-state index in [0.29, 0.717) is 41.9 Å². The summed E-state index contributed by atoms with van der Waals surface area (Å²) in [6.45, 7) is 10.3. The largest absolute Gasteiger partial charge is 0.488 e. The molecule has 2 aromatic carbocycles. The van der Waals surface area contributed by atoms with Gasteiger partial charge in [-0.1, -0.05) is 63.0 Å². The lowest BCUT2D eigenvalue weighted by Crippen LogP contribution is -2.44. The quantitative estimate of drug-likeness (QED) is 0.262. The summed E-state index contributed by atoms with van der Waals surface area (Å²) < 4.78 is 12.3. The highest BCUT2D eigenvalue weighted by molar-refractivity contribution is 9.10. The number of carbonyl (C=O) groups excluding carboxylic acids is 2. The molecule has 1 aliphatic heterocycles. The molecule has 5 rings (SSSR count). The number of Topliss-reactive ketones (excluding diaryl/α,β-unsaturated/α-hetero) is 2. The summed E-state index contributed by atoms with van der Waals surface area (Å²) in [6, 6.07) is 11.3. The van der Waals surface area contributed by atoms with E-state index < -0.39 is 5.92 Å². The molecule has 8 heteroatoms. The van der Waals surface area contributed by atoms with E-state index in [1.807, 2.05) is 24.3 Å². The number of methoxy groups -OCH3 is 1. The number of halogens is 3. The number of nitrogens with zero attached hydrogens (tertiary/aromatic N) is 1. The van der Waals surface area contributed by atoms with Crippen LogP contribution < -0.4 is 4.74 Å². The highest BCUT2D eigenvalue weighted by atomic mass is 79.9. The number of hydrogen-bond donors (Lipinski definition) is 0. The average Bonchev–Trinajstić information content (AvgIpc) is 2.89. The number of rotatable bonds is 8. The van der Waals surface area contributed by atoms with Crippen LogP contribution in [-0.2, 0) is 20.9 Å². The van der Waals surface area contributed by atoms with Crippen LogP contribution in [0.15, 0.2) is 63.4 Å². The van der Waals surface area contributed by atoms with Crippen molar-refractivity contribution in [2.45, 2.75) is 72.3 Å². The minimum Gasteiger partial charge on any atom is -0.488 e. The number of ether oxygens (including phenoxy) is 2. The molecule has 42 heavy (non-hydrogen) atoms. The summed E-state index contributed by atoms with van der Waals surface area (Å²) in [5.41, 5.74) is 5.18. The third-order valence-electron chi connectivity index (χ3n) is 8.42. The summed E-state index contributed by atoms with van der Waals surface area (Å²) in [5, 5.41) is 0.980. The van der Waals surface area contributed by atoms with Crippen molar-refractivity contribution in [3.63, 3.8) is 0 Å². The maximum Gasteiger partial charge on any atom is 0.162 e. The number of hydrogen-bond acceptors (Lipinski definition) is 5. The normalized spacial score (nSPS) is 20.1. The first-order chi connectivity index (χ1) is 19.8. The molecule has 3 aliphatic rings. The van der Waals surface area contributed by atoms with E-state index in [0.717, 1.165) is 63.9 Å². The van der Waals surface area contributed by atoms with Gasteiger partial charge < -0.3 is 14.4 Å². The first-order valence-corrected chi connectivity index (χ1v) is 16.0. The zero-order valence-electron chi connectivity index (χ0n) is 24.9. The van der Waals surface area contributed by atoms with Crippen LogP contribution in [-0.4, -0.2) is 36.7 Å². The molecule has 0 fully saturated rings. The molecule has 2 aliphatic carbocycles. The molecule has 1 heterocycles. The Bertz CT molecular complexity index is 1440. The van der Waals surface area contributed by atoms with E-state index >= 15 is 0 Å². The third-order valence-corrected chi connectivity index (χ3v) is 9.78. The molecule has 2 aromatic rings. The Hall–Kier alpha value is -2.12. The predicted octanol–water partition coefficient (Wildman–Crippen LogP) is 9.06. The van der Waals surface area contributed by atoms with Gasteiger partial charge in [0.2, 0.25) is 0 Å². The molecule has 0 spiro atoms. The van der Waals surface area contributed by atoms with Crippen LogP contribution in [0.3, 0.4) is 0 Å². The number of allylic oxidation sites excluding steroid dienone is 4. The minimum absolute atomic E-state index is 0.128. The number of benzene rings is 2. The van der Waals surface area contributed by atoms with E-state index in [1.54, 1.807) is 19.2 Å². The highest BCUT2D eigenvalue weighted by Gasteiger charge is 2.48. The monoisotopic (exact) mass is 673 g/mol. The molecule has 0 amide bonds. The second-order valence-electron chi connectivity index (χ2n) is 13.3. The van der Waals surface area contributed by atoms with Gasteiger partial charge in [0.1, 0.15) is 12.4 Å². The van der Waals surface area contributed by atoms with Crippen molar-refractivity contribution in [1.29, 1.82) is 0 Å². The van der Waals surface area contributed by atoms with Gasteiger partial charge in [0.25, 0.3) is 0 Å². The predicted molar refractivity (Wildman–Crippen MR) is 171 cm³/mol. The van der Waals surface area contributed by atoms with Gasteiger partial charge >= 0.3 is 0 Å². The summed E-state index contributed by atoms with van der Waals surface area (Å²) >= 11 is 16.0. The van der Waals surface area contributed by atoms with Crippen molar-refractivity contribution in [3.8, 4) is 5.75 Å². The smallest absolute Gasteiger partial charge is 0.162 e. The lowest BCUT2D eigenvalue weighted by Gasteiger charge is -2.49. The van der Waals surface area contributed by atoms with Crippen LogP contribution >= 0.6 is 39.1 Å². The van der Waals surface area contributed by atoms with Crippen molar-refractivity contribution >= 4 is 50.7 Å². The Kier molecular flexibility index (Phi) is 9.03. The molecule has 224 valence electrons. The standard InChI is InChI=1S/C34H38BrCl2NO4/c1-33(2)15-25-31(27(39)17-33)30(32-26(38(25)11-6-12-41-5)16-34(3,4)18-28(32)40)21-8-10-29(22(35)14-21)42-19-20-7-9-23(36)24(37)13-20/h7-10,13-14,30H,6,11-12,15-19H2,1-5H3. The maximum atomic E-state index is 14.0. The van der Waals surface area contributed by atoms with Crippen molar-refractivity contribution in [1.82, 2.24) is 4.90 Å². The van der Waals surface area contributed by atoms with Crippen LogP contribution in [0, 0.1) is 10.8 Å². The van der Waals surface area contributed by atoms with Crippen molar-refractivity contribution in [2.75, 3.05) is 20.3 Å². The highest BCUT2D eigenvalue weighted by Crippen LogP contribution is 2.54. The van der Waals surface area contributed by atoms with E-state index in [-0.39, 0.29) is 22.4 Å². The summed E-state index contributed by atoms with van der Waals surface area (Å²) in [7, 11) is 1.71. The van der Waals surface area contributed by atoms with Gasteiger partial charge in [0.15, 0.2) is 11.6 Å². The first kappa shape index (κ1) is 31.3. The molecule has 0 aromatic heterocycles. The van der Waals surface area contributed by atoms with E-state index in [4.69, 9.17) is 32.7 Å². The van der Waals surface area contributed by atoms with E-state index in [2.05, 4.69) is 48.5 Å². The lowest BCUT2D eigenvalue weighted by molar-refractivity contribution is -0.119. The van der Waals surface area contributed by atoms with Gasteiger partial charge in [-0.15, -0.1) is 0 Å². The molecule has 0 unspecified atom stereocenters. The SMILES string of the molecule is COCCCN1C2=C(C(=O)CC(C)(C)C2)C(c2ccc(OCc3ccc(Cl)c(Cl)c3)c(Br)c2)C2=C1CC(C)(C)CC2=O. The minimum atomic E-state index is -0.402. The maximum absolute atomic E-state index is 14.0. The molecule has 0 atom stereocenters. The van der Waals surface area contributed by atoms with Crippen molar-refractivity contribution in [3.05, 3.63) is 84.6 Å². The van der Waals surface area contributed by atoms with Crippen molar-refractivity contribution in [2.24, 2.45) is 10.8 Å². The van der Waals surface area contributed by atoms with Crippen LogP contribution in [0.5, 0.6) is 5.75 Å². The summed E-state index contributed by atoms with van der Waals surface area (Å²) in [6.07, 6.45) is 3.31. The summed E-state index contributed by atoms with van der Waals surface area (Å²) in [5.74, 6) is 0.519. The Morgan fingerprint density at radius 1 is 0.881 bits per heavy atom. The Morgan fingerprint density at radius 2 is 1.50 bits per heavy atom. The fourth-order valence-electron chi connectivity index (χ4n) is 6.62. The first-order valence-electron chi connectivity index (χ1n) is 14.5. The molecular weight excluding hydrogens is 637 g/mol. The van der Waals surface area contributed by atoms with Gasteiger partial charge in [0, 0.05) is 61.6 Å². The molecule has 0 saturated carbocycles. The van der Waals surface area contributed by atoms with Crippen LogP contribution in [0.25, 0.3) is 0 Å². The van der Waals surface area contributed by atoms with E-state index in [9.17, 15) is 9.59 Å². The number of carbonyl (C=O) groups is 2. The second kappa shape index (κ2) is 12.1. The van der Waals surface area contributed by atoms with Gasteiger partial charge in [-0.3, -0.25) is 9.59 Å². The van der Waals surface area contributed by atoms with Crippen LogP contribution in [0.2, 0.25) is 10.0 Å². The van der Waals surface area contributed by atoms with Crippen LogP contribution in [0.1, 0.15) is 76.8 Å². The Labute approximate surface area is 267 Å². The lowest BCUT2D eigenvalue weighted by atomic mass is 9.63. The molecule has 0 N–H and O–H groups in total. The van der Waals surface area contributed by atoms with Gasteiger partial charge in [0.05, 0.1) is 14.5 Å². The Morgan fingerprint density at radius 3 is 2.05 bits per heavy atom. The average molecular weight is 675 g/mol. The Balaban J connectivity index is 1.57. The molecule has 0 radical (unpaired) electrons. The van der Waals surface area contributed by atoms with Gasteiger partial charge in [-0.25, -0.2) is 0 Å². The van der Waals surface area contributed by atoms with E-state index in [1.165, 1.54) is 0 Å². The fraction of sp³-hybridized carbons (Fsp3) is 0.471. The fourth-order valence-corrected chi connectivity index (χ4v) is 7.45. The molecular formula is C34H38BrCl2NO4. The topological polar surface area (TPSA) is 55.8 Å². The van der Waals surface area contributed by atoms with Crippen LogP contribution in [0.4, 0.5) is 0 Å². The number of ketones is 2. The zero-order valence-corrected chi connectivity index (χ0v) is 28.0. The zero-order chi connectivity index (χ0) is 30.4. The summed E-state index contributed by atoms with van der Waals surface area (Å²) in [4.78, 5) is 30.3. The molecule has 5 nitrogen and oxygen atoms in total. The molecule has 0 bridgehead atoms. The van der Waals surface area contributed by atoms with Gasteiger partial charge in [-0.2, -0.15) is 0 Å².